The highest BCUT2D eigenvalue weighted by Crippen LogP contribution is 2.38. The molecule has 3 nitrogen and oxygen atoms in total. The van der Waals surface area contributed by atoms with Gasteiger partial charge in [-0.3, -0.25) is 0 Å². The molecule has 0 saturated carbocycles. The minimum Gasteiger partial charge on any atom is -0.307 e. The van der Waals surface area contributed by atoms with Crippen molar-refractivity contribution >= 4 is 0 Å². The van der Waals surface area contributed by atoms with Gasteiger partial charge in [0.2, 0.25) is 0 Å². The Hall–Kier alpha value is -0.120. The summed E-state index contributed by atoms with van der Waals surface area (Å²) in [6.07, 6.45) is 8.37. The van der Waals surface area contributed by atoms with Crippen molar-refractivity contribution in [2.75, 3.05) is 33.7 Å². The van der Waals surface area contributed by atoms with Crippen LogP contribution >= 0.6 is 0 Å². The molecule has 0 atom stereocenters. The van der Waals surface area contributed by atoms with Crippen molar-refractivity contribution in [3.05, 3.63) is 0 Å². The predicted octanol–water partition coefficient (Wildman–Crippen LogP) is 1.30. The molecule has 3 heteroatoms. The Morgan fingerprint density at radius 1 is 1.18 bits per heavy atom. The second-order valence-electron chi connectivity index (χ2n) is 6.65. The first-order valence-corrected chi connectivity index (χ1v) is 7.33. The van der Waals surface area contributed by atoms with E-state index in [2.05, 4.69) is 29.2 Å². The van der Waals surface area contributed by atoms with Crippen molar-refractivity contribution in [2.24, 2.45) is 0 Å². The summed E-state index contributed by atoms with van der Waals surface area (Å²) in [6, 6.07) is 1.67. The van der Waals surface area contributed by atoms with Crippen molar-refractivity contribution in [1.82, 2.24) is 15.1 Å². The fraction of sp³-hybridized carbons (Fsp3) is 1.00. The molecule has 0 radical (unpaired) electrons. The van der Waals surface area contributed by atoms with Crippen molar-refractivity contribution < 1.29 is 0 Å². The summed E-state index contributed by atoms with van der Waals surface area (Å²) in [5, 5.41) is 3.87. The highest BCUT2D eigenvalue weighted by molar-refractivity contribution is 5.06. The normalized spacial score (nSPS) is 39.4. The fourth-order valence-corrected chi connectivity index (χ4v) is 4.14. The van der Waals surface area contributed by atoms with Crippen LogP contribution in [0.3, 0.4) is 0 Å². The highest BCUT2D eigenvalue weighted by atomic mass is 15.2. The second-order valence-corrected chi connectivity index (χ2v) is 6.65. The Kier molecular flexibility index (Phi) is 3.18. The Bertz CT molecular complexity index is 263. The van der Waals surface area contributed by atoms with E-state index < -0.39 is 0 Å². The molecular weight excluding hydrogens is 210 g/mol. The number of rotatable bonds is 3. The van der Waals surface area contributed by atoms with E-state index in [0.29, 0.717) is 5.54 Å². The summed E-state index contributed by atoms with van der Waals surface area (Å²) in [5.41, 5.74) is 0.489. The van der Waals surface area contributed by atoms with Gasteiger partial charge in [0.1, 0.15) is 0 Å². The zero-order valence-electron chi connectivity index (χ0n) is 11.4. The van der Waals surface area contributed by atoms with Gasteiger partial charge >= 0.3 is 0 Å². The van der Waals surface area contributed by atoms with E-state index in [1.165, 1.54) is 58.2 Å². The van der Waals surface area contributed by atoms with E-state index in [0.717, 1.165) is 12.1 Å². The molecule has 3 aliphatic heterocycles. The molecule has 0 aliphatic carbocycles. The summed E-state index contributed by atoms with van der Waals surface area (Å²) in [6.45, 7) is 3.83. The molecule has 17 heavy (non-hydrogen) atoms. The molecule has 2 bridgehead atoms. The van der Waals surface area contributed by atoms with Gasteiger partial charge in [-0.1, -0.05) is 0 Å². The van der Waals surface area contributed by atoms with Crippen molar-refractivity contribution in [3.8, 4) is 0 Å². The number of hydrogen-bond acceptors (Lipinski definition) is 3. The van der Waals surface area contributed by atoms with Crippen molar-refractivity contribution in [1.29, 1.82) is 0 Å². The molecule has 3 aliphatic rings. The minimum atomic E-state index is 0.489. The summed E-state index contributed by atoms with van der Waals surface area (Å²) < 4.78 is 0. The Labute approximate surface area is 106 Å². The standard InChI is InChI=1S/C14H27N3/c1-16-9-5-13(6-10-16)17(2)11-14-7-3-12(15-14)4-8-14/h12-13,15H,3-11H2,1-2H3. The van der Waals surface area contributed by atoms with E-state index in [1.54, 1.807) is 0 Å². The number of piperidine rings is 1. The first-order valence-electron chi connectivity index (χ1n) is 7.33. The molecular formula is C14H27N3. The van der Waals surface area contributed by atoms with Crippen LogP contribution in [0.5, 0.6) is 0 Å². The number of nitrogens with zero attached hydrogens (tertiary/aromatic N) is 2. The number of nitrogens with one attached hydrogen (secondary N) is 1. The quantitative estimate of drug-likeness (QED) is 0.798. The lowest BCUT2D eigenvalue weighted by atomic mass is 9.87. The molecule has 0 aromatic rings. The first kappa shape index (κ1) is 11.9. The predicted molar refractivity (Wildman–Crippen MR) is 71.3 cm³/mol. The SMILES string of the molecule is CN1CCC(N(C)CC23CCC(CC2)N3)CC1. The van der Waals surface area contributed by atoms with Gasteiger partial charge in [0.05, 0.1) is 0 Å². The minimum absolute atomic E-state index is 0.489. The Morgan fingerprint density at radius 2 is 1.82 bits per heavy atom. The van der Waals surface area contributed by atoms with Crippen molar-refractivity contribution in [2.45, 2.75) is 56.1 Å². The first-order chi connectivity index (χ1) is 8.17. The van der Waals surface area contributed by atoms with Crippen LogP contribution in [0.25, 0.3) is 0 Å². The van der Waals surface area contributed by atoms with Crippen LogP contribution in [0.15, 0.2) is 0 Å². The maximum Gasteiger partial charge on any atom is 0.0312 e. The zero-order chi connectivity index (χ0) is 11.9. The third-order valence-electron chi connectivity index (χ3n) is 5.32. The molecule has 0 aromatic heterocycles. The summed E-state index contributed by atoms with van der Waals surface area (Å²) in [4.78, 5) is 5.11. The van der Waals surface area contributed by atoms with E-state index in [-0.39, 0.29) is 0 Å². The monoisotopic (exact) mass is 237 g/mol. The zero-order valence-corrected chi connectivity index (χ0v) is 11.4. The molecule has 3 rings (SSSR count). The van der Waals surface area contributed by atoms with Crippen LogP contribution in [0.4, 0.5) is 0 Å². The summed E-state index contributed by atoms with van der Waals surface area (Å²) in [7, 11) is 4.59. The Morgan fingerprint density at radius 3 is 2.35 bits per heavy atom. The van der Waals surface area contributed by atoms with E-state index >= 15 is 0 Å². The van der Waals surface area contributed by atoms with Crippen LogP contribution in [0, 0.1) is 0 Å². The summed E-state index contributed by atoms with van der Waals surface area (Å²) in [5.74, 6) is 0. The second kappa shape index (κ2) is 4.52. The van der Waals surface area contributed by atoms with Gasteiger partial charge in [0, 0.05) is 24.2 Å². The van der Waals surface area contributed by atoms with Gasteiger partial charge in [-0.2, -0.15) is 0 Å². The van der Waals surface area contributed by atoms with Crippen LogP contribution in [0.2, 0.25) is 0 Å². The third kappa shape index (κ3) is 2.38. The van der Waals surface area contributed by atoms with Gasteiger partial charge < -0.3 is 15.1 Å². The van der Waals surface area contributed by atoms with E-state index in [4.69, 9.17) is 0 Å². The van der Waals surface area contributed by atoms with Gasteiger partial charge in [-0.15, -0.1) is 0 Å². The highest BCUT2D eigenvalue weighted by Gasteiger charge is 2.45. The number of hydrogen-bond donors (Lipinski definition) is 1. The molecule has 0 spiro atoms. The lowest BCUT2D eigenvalue weighted by molar-refractivity contribution is 0.116. The lowest BCUT2D eigenvalue weighted by Gasteiger charge is -2.39. The van der Waals surface area contributed by atoms with Crippen LogP contribution in [0.1, 0.15) is 38.5 Å². The van der Waals surface area contributed by atoms with Crippen LogP contribution in [-0.2, 0) is 0 Å². The number of fused-ring (bicyclic) bond motifs is 2. The molecule has 0 aromatic carbocycles. The molecule has 0 amide bonds. The van der Waals surface area contributed by atoms with Crippen molar-refractivity contribution in [3.63, 3.8) is 0 Å². The van der Waals surface area contributed by atoms with Gasteiger partial charge in [-0.05, 0) is 65.7 Å². The molecule has 3 fully saturated rings. The molecule has 1 N–H and O–H groups in total. The van der Waals surface area contributed by atoms with Gasteiger partial charge in [-0.25, -0.2) is 0 Å². The van der Waals surface area contributed by atoms with Gasteiger partial charge in [0.15, 0.2) is 0 Å². The molecule has 0 unspecified atom stereocenters. The maximum atomic E-state index is 3.87. The molecule has 3 heterocycles. The van der Waals surface area contributed by atoms with E-state index in [9.17, 15) is 0 Å². The van der Waals surface area contributed by atoms with Crippen LogP contribution in [-0.4, -0.2) is 61.2 Å². The smallest absolute Gasteiger partial charge is 0.0312 e. The average Bonchev–Trinajstić information content (AvgIpc) is 2.89. The Balaban J connectivity index is 1.54. The fourth-order valence-electron chi connectivity index (χ4n) is 4.14. The average molecular weight is 237 g/mol. The lowest BCUT2D eigenvalue weighted by Crippen LogP contribution is -2.51. The third-order valence-corrected chi connectivity index (χ3v) is 5.32. The van der Waals surface area contributed by atoms with Gasteiger partial charge in [0.25, 0.3) is 0 Å². The number of likely N-dealkylation sites (N-methyl/N-ethyl adjacent to an activating group) is 1. The largest absolute Gasteiger partial charge is 0.307 e. The summed E-state index contributed by atoms with van der Waals surface area (Å²) >= 11 is 0. The molecule has 98 valence electrons. The number of likely N-dealkylation sites (tertiary alicyclic amines) is 1. The molecule has 3 saturated heterocycles. The van der Waals surface area contributed by atoms with E-state index in [1.807, 2.05) is 0 Å². The van der Waals surface area contributed by atoms with Crippen LogP contribution < -0.4 is 5.32 Å². The maximum absolute atomic E-state index is 3.87. The topological polar surface area (TPSA) is 18.5 Å².